The van der Waals surface area contributed by atoms with Crippen LogP contribution in [0, 0.1) is 0 Å². The maximum absolute atomic E-state index is 13.0. The molecule has 0 bridgehead atoms. The monoisotopic (exact) mass is 442 g/mol. The Morgan fingerprint density at radius 1 is 1.10 bits per heavy atom. The second kappa shape index (κ2) is 9.07. The molecule has 0 unspecified atom stereocenters. The maximum atomic E-state index is 13.0. The molecule has 0 aliphatic heterocycles. The topological polar surface area (TPSA) is 95.3 Å². The number of rotatable bonds is 8. The van der Waals surface area contributed by atoms with Crippen molar-refractivity contribution in [3.8, 4) is 22.9 Å². The lowest BCUT2D eigenvalue weighted by atomic mass is 10.2. The van der Waals surface area contributed by atoms with Crippen molar-refractivity contribution in [1.29, 1.82) is 0 Å². The van der Waals surface area contributed by atoms with Crippen molar-refractivity contribution in [2.45, 2.75) is 43.2 Å². The van der Waals surface area contributed by atoms with Crippen molar-refractivity contribution in [2.24, 2.45) is 0 Å². The highest BCUT2D eigenvalue weighted by Crippen LogP contribution is 2.33. The van der Waals surface area contributed by atoms with Gasteiger partial charge in [-0.2, -0.15) is 5.10 Å². The quantitative estimate of drug-likeness (QED) is 0.573. The first kappa shape index (κ1) is 21.3. The third-order valence-corrected chi connectivity index (χ3v) is 6.91. The summed E-state index contributed by atoms with van der Waals surface area (Å²) >= 11 is 0. The van der Waals surface area contributed by atoms with Gasteiger partial charge in [-0.1, -0.05) is 18.9 Å². The minimum atomic E-state index is -3.84. The van der Waals surface area contributed by atoms with E-state index in [1.54, 1.807) is 18.3 Å². The van der Waals surface area contributed by atoms with E-state index in [1.807, 2.05) is 28.9 Å². The van der Waals surface area contributed by atoms with Crippen LogP contribution in [-0.4, -0.2) is 37.4 Å². The number of nitrogens with zero attached hydrogens (tertiary/aromatic N) is 3. The van der Waals surface area contributed by atoms with Crippen LogP contribution in [-0.2, 0) is 16.6 Å². The number of ether oxygens (including phenoxy) is 2. The smallest absolute Gasteiger partial charge is 0.244 e. The Kier molecular flexibility index (Phi) is 6.24. The van der Waals surface area contributed by atoms with Crippen LogP contribution in [0.15, 0.2) is 53.6 Å². The summed E-state index contributed by atoms with van der Waals surface area (Å²) in [5, 5.41) is 4.74. The summed E-state index contributed by atoms with van der Waals surface area (Å²) in [6.45, 7) is 0.0578. The summed E-state index contributed by atoms with van der Waals surface area (Å²) in [6, 6.07) is 12.6. The summed E-state index contributed by atoms with van der Waals surface area (Å²) in [6.07, 6.45) is 6.22. The standard InChI is InChI=1S/C22H26N4O4S/c1-29-18-10-11-21(30-2)22(14-18)31(27,28)24-15-16-13-20(19-9-5-6-12-23-19)26(25-16)17-7-3-4-8-17/h5-6,9-14,17,24H,3-4,7-8,15H2,1-2H3. The average molecular weight is 443 g/mol. The van der Waals surface area contributed by atoms with Gasteiger partial charge in [-0.05, 0) is 43.2 Å². The highest BCUT2D eigenvalue weighted by atomic mass is 32.2. The summed E-state index contributed by atoms with van der Waals surface area (Å²) in [5.41, 5.74) is 2.36. The number of benzene rings is 1. The zero-order chi connectivity index (χ0) is 21.8. The fourth-order valence-corrected chi connectivity index (χ4v) is 5.09. The van der Waals surface area contributed by atoms with Crippen LogP contribution in [0.1, 0.15) is 37.4 Å². The predicted molar refractivity (Wildman–Crippen MR) is 117 cm³/mol. The molecular weight excluding hydrogens is 416 g/mol. The van der Waals surface area contributed by atoms with Gasteiger partial charge in [-0.3, -0.25) is 9.67 Å². The van der Waals surface area contributed by atoms with E-state index in [-0.39, 0.29) is 17.2 Å². The van der Waals surface area contributed by atoms with Gasteiger partial charge in [-0.25, -0.2) is 13.1 Å². The van der Waals surface area contributed by atoms with Crippen LogP contribution in [0.5, 0.6) is 11.5 Å². The van der Waals surface area contributed by atoms with Crippen LogP contribution in [0.2, 0.25) is 0 Å². The van der Waals surface area contributed by atoms with E-state index in [0.29, 0.717) is 17.5 Å². The minimum absolute atomic E-state index is 0.0227. The molecule has 0 saturated heterocycles. The molecule has 4 rings (SSSR count). The molecule has 9 heteroatoms. The molecule has 31 heavy (non-hydrogen) atoms. The lowest BCUT2D eigenvalue weighted by Crippen LogP contribution is -2.24. The number of hydrogen-bond donors (Lipinski definition) is 1. The zero-order valence-corrected chi connectivity index (χ0v) is 18.4. The number of sulfonamides is 1. The largest absolute Gasteiger partial charge is 0.497 e. The van der Waals surface area contributed by atoms with Gasteiger partial charge in [0.05, 0.1) is 43.9 Å². The molecule has 2 heterocycles. The first-order chi connectivity index (χ1) is 15.0. The third-order valence-electron chi connectivity index (χ3n) is 5.49. The molecule has 0 radical (unpaired) electrons. The Hall–Kier alpha value is -2.91. The van der Waals surface area contributed by atoms with Crippen LogP contribution < -0.4 is 14.2 Å². The van der Waals surface area contributed by atoms with Gasteiger partial charge >= 0.3 is 0 Å². The second-order valence-corrected chi connectivity index (χ2v) is 9.20. The van der Waals surface area contributed by atoms with Crippen molar-refractivity contribution in [2.75, 3.05) is 14.2 Å². The van der Waals surface area contributed by atoms with E-state index in [2.05, 4.69) is 9.71 Å². The first-order valence-electron chi connectivity index (χ1n) is 10.2. The molecule has 1 fully saturated rings. The molecule has 1 saturated carbocycles. The number of hydrogen-bond acceptors (Lipinski definition) is 6. The molecule has 1 aromatic carbocycles. The van der Waals surface area contributed by atoms with Crippen molar-refractivity contribution in [3.05, 3.63) is 54.4 Å². The average Bonchev–Trinajstić information content (AvgIpc) is 3.48. The summed E-state index contributed by atoms with van der Waals surface area (Å²) in [4.78, 5) is 4.49. The molecule has 3 aromatic rings. The molecule has 0 amide bonds. The van der Waals surface area contributed by atoms with E-state index < -0.39 is 10.0 Å². The van der Waals surface area contributed by atoms with E-state index in [1.165, 1.54) is 33.1 Å². The molecule has 1 aliphatic carbocycles. The van der Waals surface area contributed by atoms with Crippen molar-refractivity contribution in [3.63, 3.8) is 0 Å². The fourth-order valence-electron chi connectivity index (χ4n) is 3.90. The van der Waals surface area contributed by atoms with Gasteiger partial charge in [0, 0.05) is 12.3 Å². The van der Waals surface area contributed by atoms with Gasteiger partial charge in [0.1, 0.15) is 16.4 Å². The molecule has 8 nitrogen and oxygen atoms in total. The third kappa shape index (κ3) is 4.57. The Labute approximate surface area is 182 Å². The summed E-state index contributed by atoms with van der Waals surface area (Å²) in [7, 11) is -0.921. The van der Waals surface area contributed by atoms with Crippen molar-refractivity contribution >= 4 is 10.0 Å². The van der Waals surface area contributed by atoms with Crippen LogP contribution in [0.4, 0.5) is 0 Å². The van der Waals surface area contributed by atoms with Gasteiger partial charge in [0.2, 0.25) is 10.0 Å². The van der Waals surface area contributed by atoms with Crippen molar-refractivity contribution < 1.29 is 17.9 Å². The lowest BCUT2D eigenvalue weighted by Gasteiger charge is -2.13. The highest BCUT2D eigenvalue weighted by Gasteiger charge is 2.24. The molecule has 164 valence electrons. The Bertz CT molecular complexity index is 1140. The molecule has 0 spiro atoms. The van der Waals surface area contributed by atoms with Crippen LogP contribution >= 0.6 is 0 Å². The minimum Gasteiger partial charge on any atom is -0.497 e. The number of nitrogens with one attached hydrogen (secondary N) is 1. The Morgan fingerprint density at radius 3 is 2.58 bits per heavy atom. The van der Waals surface area contributed by atoms with Crippen LogP contribution in [0.3, 0.4) is 0 Å². The number of aromatic nitrogens is 3. The molecule has 2 aromatic heterocycles. The Balaban J connectivity index is 1.61. The van der Waals surface area contributed by atoms with E-state index in [4.69, 9.17) is 14.6 Å². The lowest BCUT2D eigenvalue weighted by molar-refractivity contribution is 0.392. The van der Waals surface area contributed by atoms with Crippen molar-refractivity contribution in [1.82, 2.24) is 19.5 Å². The molecular formula is C22H26N4O4S. The van der Waals surface area contributed by atoms with Gasteiger partial charge < -0.3 is 9.47 Å². The second-order valence-electron chi connectivity index (χ2n) is 7.46. The SMILES string of the molecule is COc1ccc(OC)c(S(=O)(=O)NCc2cc(-c3ccccn3)n(C3CCCC3)n2)c1. The fraction of sp³-hybridized carbons (Fsp3) is 0.364. The molecule has 1 aliphatic rings. The first-order valence-corrected chi connectivity index (χ1v) is 11.7. The number of methoxy groups -OCH3 is 2. The van der Waals surface area contributed by atoms with E-state index in [9.17, 15) is 8.42 Å². The van der Waals surface area contributed by atoms with Gasteiger partial charge in [-0.15, -0.1) is 0 Å². The number of pyridine rings is 1. The van der Waals surface area contributed by atoms with Crippen LogP contribution in [0.25, 0.3) is 11.4 Å². The molecule has 0 atom stereocenters. The zero-order valence-electron chi connectivity index (χ0n) is 17.6. The summed E-state index contributed by atoms with van der Waals surface area (Å²) in [5.74, 6) is 0.683. The molecule has 1 N–H and O–H groups in total. The maximum Gasteiger partial charge on any atom is 0.244 e. The van der Waals surface area contributed by atoms with Gasteiger partial charge in [0.25, 0.3) is 0 Å². The van der Waals surface area contributed by atoms with E-state index in [0.717, 1.165) is 24.2 Å². The van der Waals surface area contributed by atoms with Gasteiger partial charge in [0.15, 0.2) is 0 Å². The summed E-state index contributed by atoms with van der Waals surface area (Å²) < 4.78 is 41.0. The van der Waals surface area contributed by atoms with E-state index >= 15 is 0 Å². The Morgan fingerprint density at radius 2 is 1.90 bits per heavy atom. The highest BCUT2D eigenvalue weighted by molar-refractivity contribution is 7.89. The predicted octanol–water partition coefficient (Wildman–Crippen LogP) is 3.56. The normalized spacial score (nSPS) is 14.6.